The smallest absolute Gasteiger partial charge is 0.345 e. The summed E-state index contributed by atoms with van der Waals surface area (Å²) in [5, 5.41) is 15.6. The highest BCUT2D eigenvalue weighted by Crippen LogP contribution is 2.22. The van der Waals surface area contributed by atoms with E-state index in [-0.39, 0.29) is 24.8 Å². The van der Waals surface area contributed by atoms with Crippen LogP contribution in [0.1, 0.15) is 24.0 Å². The molecule has 0 saturated carbocycles. The Kier molecular flexibility index (Phi) is 10.0. The zero-order chi connectivity index (χ0) is 22.3. The summed E-state index contributed by atoms with van der Waals surface area (Å²) in [4.78, 5) is 2.54. The van der Waals surface area contributed by atoms with Crippen molar-refractivity contribution in [2.45, 2.75) is 32.0 Å². The lowest BCUT2D eigenvalue weighted by Gasteiger charge is -2.32. The van der Waals surface area contributed by atoms with E-state index in [0.29, 0.717) is 12.1 Å². The molecule has 0 aliphatic carbocycles. The van der Waals surface area contributed by atoms with Crippen molar-refractivity contribution < 1.29 is 4.74 Å². The molecule has 1 saturated heterocycles. The quantitative estimate of drug-likeness (QED) is 0.356. The lowest BCUT2D eigenvalue weighted by Crippen LogP contribution is -2.41. The highest BCUT2D eigenvalue weighted by atomic mass is 35.5. The predicted octanol–water partition coefficient (Wildman–Crippen LogP) is 5.05. The van der Waals surface area contributed by atoms with Crippen LogP contribution in [0.25, 0.3) is 5.69 Å². The first-order valence-corrected chi connectivity index (χ1v) is 11.4. The van der Waals surface area contributed by atoms with Crippen LogP contribution in [0, 0.1) is 0 Å². The van der Waals surface area contributed by atoms with Gasteiger partial charge in [0, 0.05) is 19.1 Å². The maximum absolute atomic E-state index is 6.00. The number of tetrazole rings is 1. The van der Waals surface area contributed by atoms with Gasteiger partial charge in [0.15, 0.2) is 0 Å². The van der Waals surface area contributed by atoms with Crippen LogP contribution in [-0.2, 0) is 13.1 Å². The highest BCUT2D eigenvalue weighted by Gasteiger charge is 2.19. The molecule has 0 unspecified atom stereocenters. The Morgan fingerprint density at radius 2 is 1.51 bits per heavy atom. The molecule has 7 nitrogen and oxygen atoms in total. The summed E-state index contributed by atoms with van der Waals surface area (Å²) >= 11 is 0. The van der Waals surface area contributed by atoms with E-state index in [1.807, 2.05) is 48.5 Å². The number of hydrogen-bond donors (Lipinski definition) is 1. The molecule has 2 heterocycles. The minimum Gasteiger partial charge on any atom is -0.423 e. The van der Waals surface area contributed by atoms with Crippen molar-refractivity contribution in [1.82, 2.24) is 30.4 Å². The van der Waals surface area contributed by atoms with E-state index in [1.165, 1.54) is 11.1 Å². The topological polar surface area (TPSA) is 68.1 Å². The molecule has 0 amide bonds. The fourth-order valence-corrected chi connectivity index (χ4v) is 4.20. The normalized spacial score (nSPS) is 14.1. The molecule has 1 aliphatic heterocycles. The molecule has 1 N–H and O–H groups in total. The van der Waals surface area contributed by atoms with Gasteiger partial charge in [0.25, 0.3) is 0 Å². The van der Waals surface area contributed by atoms with E-state index >= 15 is 0 Å². The molecule has 184 valence electrons. The Morgan fingerprint density at radius 1 is 0.829 bits per heavy atom. The number of ether oxygens (including phenoxy) is 1. The number of nitrogens with zero attached hydrogens (tertiary/aromatic N) is 5. The highest BCUT2D eigenvalue weighted by molar-refractivity contribution is 5.85. The second kappa shape index (κ2) is 13.2. The van der Waals surface area contributed by atoms with Crippen LogP contribution >= 0.6 is 24.8 Å². The van der Waals surface area contributed by atoms with Crippen molar-refractivity contribution in [3.8, 4) is 17.4 Å². The molecule has 1 aromatic heterocycles. The number of benzene rings is 3. The van der Waals surface area contributed by atoms with Crippen molar-refractivity contribution in [2.24, 2.45) is 0 Å². The molecule has 0 bridgehead atoms. The maximum atomic E-state index is 6.00. The van der Waals surface area contributed by atoms with E-state index in [0.717, 1.165) is 50.5 Å². The molecule has 4 aromatic rings. The van der Waals surface area contributed by atoms with Crippen LogP contribution in [0.15, 0.2) is 84.9 Å². The van der Waals surface area contributed by atoms with Crippen molar-refractivity contribution in [2.75, 3.05) is 13.1 Å². The van der Waals surface area contributed by atoms with Crippen LogP contribution in [-0.4, -0.2) is 44.2 Å². The summed E-state index contributed by atoms with van der Waals surface area (Å²) < 4.78 is 7.59. The van der Waals surface area contributed by atoms with Crippen molar-refractivity contribution in [3.63, 3.8) is 0 Å². The van der Waals surface area contributed by atoms with Gasteiger partial charge < -0.3 is 10.1 Å². The Balaban J connectivity index is 0.00000171. The van der Waals surface area contributed by atoms with Gasteiger partial charge >= 0.3 is 6.01 Å². The summed E-state index contributed by atoms with van der Waals surface area (Å²) in [5.74, 6) is 0.721. The summed E-state index contributed by atoms with van der Waals surface area (Å²) in [7, 11) is 0. The van der Waals surface area contributed by atoms with Crippen LogP contribution in [0.4, 0.5) is 0 Å². The molecule has 1 aliphatic rings. The fraction of sp³-hybridized carbons (Fsp3) is 0.269. The van der Waals surface area contributed by atoms with Gasteiger partial charge in [0.2, 0.25) is 0 Å². The number of halogens is 2. The van der Waals surface area contributed by atoms with Gasteiger partial charge in [-0.3, -0.25) is 4.90 Å². The maximum Gasteiger partial charge on any atom is 0.345 e. The summed E-state index contributed by atoms with van der Waals surface area (Å²) in [5.41, 5.74) is 3.42. The molecule has 35 heavy (non-hydrogen) atoms. The third-order valence-electron chi connectivity index (χ3n) is 5.98. The van der Waals surface area contributed by atoms with Gasteiger partial charge in [-0.25, -0.2) is 0 Å². The van der Waals surface area contributed by atoms with E-state index in [2.05, 4.69) is 62.1 Å². The molecule has 3 aromatic carbocycles. The Hall–Kier alpha value is -2.97. The Bertz CT molecular complexity index is 1150. The van der Waals surface area contributed by atoms with E-state index in [1.54, 1.807) is 4.68 Å². The van der Waals surface area contributed by atoms with Crippen LogP contribution in [0.5, 0.6) is 11.8 Å². The number of para-hydroxylation sites is 1. The second-order valence-corrected chi connectivity index (χ2v) is 8.38. The standard InChI is InChI=1S/C26H28N6O.2ClH/c1-3-8-21(9-4-1)20-31-16-14-23(15-17-31)27-19-22-10-7-13-25(18-22)33-26-28-29-30-32(26)24-11-5-2-6-12-24;;/h1-13,18,23,27H,14-17,19-20H2;2*1H. The molecule has 0 atom stereocenters. The minimum atomic E-state index is 0. The molecule has 0 spiro atoms. The number of rotatable bonds is 8. The average Bonchev–Trinajstić information content (AvgIpc) is 3.33. The number of hydrogen-bond acceptors (Lipinski definition) is 6. The van der Waals surface area contributed by atoms with Crippen molar-refractivity contribution in [3.05, 3.63) is 96.1 Å². The number of piperidine rings is 1. The Morgan fingerprint density at radius 3 is 2.26 bits per heavy atom. The number of aromatic nitrogens is 4. The second-order valence-electron chi connectivity index (χ2n) is 8.38. The summed E-state index contributed by atoms with van der Waals surface area (Å²) in [6.07, 6.45) is 2.32. The number of nitrogens with one attached hydrogen (secondary N) is 1. The van der Waals surface area contributed by atoms with Crippen molar-refractivity contribution in [1.29, 1.82) is 0 Å². The molecular formula is C26H30Cl2N6O. The first-order chi connectivity index (χ1) is 16.3. The van der Waals surface area contributed by atoms with Crippen LogP contribution < -0.4 is 10.1 Å². The molecule has 0 radical (unpaired) electrons. The first kappa shape index (κ1) is 26.6. The first-order valence-electron chi connectivity index (χ1n) is 11.4. The minimum absolute atomic E-state index is 0. The Labute approximate surface area is 218 Å². The van der Waals surface area contributed by atoms with E-state index in [9.17, 15) is 0 Å². The average molecular weight is 513 g/mol. The third kappa shape index (κ3) is 7.26. The summed E-state index contributed by atoms with van der Waals surface area (Å²) in [6.45, 7) is 4.09. The van der Waals surface area contributed by atoms with Crippen LogP contribution in [0.2, 0.25) is 0 Å². The molecule has 5 rings (SSSR count). The van der Waals surface area contributed by atoms with Gasteiger partial charge in [-0.05, 0) is 71.8 Å². The van der Waals surface area contributed by atoms with Gasteiger partial charge in [-0.2, -0.15) is 4.68 Å². The largest absolute Gasteiger partial charge is 0.423 e. The fourth-order valence-electron chi connectivity index (χ4n) is 4.20. The lowest BCUT2D eigenvalue weighted by atomic mass is 10.0. The molecular weight excluding hydrogens is 483 g/mol. The lowest BCUT2D eigenvalue weighted by molar-refractivity contribution is 0.190. The van der Waals surface area contributed by atoms with E-state index < -0.39 is 0 Å². The van der Waals surface area contributed by atoms with Crippen molar-refractivity contribution >= 4 is 24.8 Å². The SMILES string of the molecule is Cl.Cl.c1ccc(CN2CCC(NCc3cccc(Oc4nnnn4-c4ccccc4)c3)CC2)cc1. The molecule has 9 heteroatoms. The number of likely N-dealkylation sites (tertiary alicyclic amines) is 1. The zero-order valence-electron chi connectivity index (χ0n) is 19.4. The predicted molar refractivity (Wildman–Crippen MR) is 142 cm³/mol. The zero-order valence-corrected chi connectivity index (χ0v) is 21.0. The molecule has 1 fully saturated rings. The van der Waals surface area contributed by atoms with Gasteiger partial charge in [0.05, 0.1) is 5.69 Å². The van der Waals surface area contributed by atoms with E-state index in [4.69, 9.17) is 4.74 Å². The third-order valence-corrected chi connectivity index (χ3v) is 5.98. The van der Waals surface area contributed by atoms with Gasteiger partial charge in [-0.15, -0.1) is 24.8 Å². The van der Waals surface area contributed by atoms with Gasteiger partial charge in [0.1, 0.15) is 5.75 Å². The van der Waals surface area contributed by atoms with Gasteiger partial charge in [-0.1, -0.05) is 65.8 Å². The summed E-state index contributed by atoms with van der Waals surface area (Å²) in [6, 6.07) is 29.4. The van der Waals surface area contributed by atoms with Crippen LogP contribution in [0.3, 0.4) is 0 Å². The monoisotopic (exact) mass is 512 g/mol.